The molecule has 74 valence electrons. The first-order chi connectivity index (χ1) is 6.15. The van der Waals surface area contributed by atoms with Gasteiger partial charge in [-0.15, -0.1) is 0 Å². The first-order valence-corrected chi connectivity index (χ1v) is 4.32. The molecule has 13 heavy (non-hydrogen) atoms. The van der Waals surface area contributed by atoms with Crippen molar-refractivity contribution in [2.24, 2.45) is 5.92 Å². The van der Waals surface area contributed by atoms with Gasteiger partial charge in [-0.1, -0.05) is 0 Å². The Labute approximate surface area is 79.1 Å². The number of hydrogen-bond donors (Lipinski definition) is 0. The zero-order valence-electron chi connectivity index (χ0n) is 8.41. The monoisotopic (exact) mass is 184 g/mol. The van der Waals surface area contributed by atoms with Gasteiger partial charge in [-0.2, -0.15) is 5.26 Å². The topological polar surface area (TPSA) is 53.3 Å². The Bertz CT molecular complexity index is 198. The summed E-state index contributed by atoms with van der Waals surface area (Å²) in [5.74, 6) is -0.187. The molecule has 0 aromatic carbocycles. The Morgan fingerprint density at radius 2 is 2.31 bits per heavy atom. The molecule has 0 rings (SSSR count). The van der Waals surface area contributed by atoms with E-state index in [0.29, 0.717) is 13.1 Å². The van der Waals surface area contributed by atoms with Gasteiger partial charge in [0, 0.05) is 20.2 Å². The van der Waals surface area contributed by atoms with E-state index < -0.39 is 0 Å². The molecule has 0 aromatic heterocycles. The molecule has 1 atom stereocenters. The minimum absolute atomic E-state index is 0.0629. The number of methoxy groups -OCH3 is 1. The van der Waals surface area contributed by atoms with Gasteiger partial charge >= 0.3 is 0 Å². The Kier molecular flexibility index (Phi) is 5.90. The minimum atomic E-state index is -0.124. The van der Waals surface area contributed by atoms with Crippen molar-refractivity contribution >= 4 is 5.91 Å². The highest BCUT2D eigenvalue weighted by atomic mass is 16.5. The SMILES string of the molecule is CCN(CC(C)C#N)C(=O)COC. The maximum Gasteiger partial charge on any atom is 0.248 e. The van der Waals surface area contributed by atoms with E-state index in [-0.39, 0.29) is 18.4 Å². The predicted molar refractivity (Wildman–Crippen MR) is 48.9 cm³/mol. The van der Waals surface area contributed by atoms with Crippen molar-refractivity contribution in [2.75, 3.05) is 26.8 Å². The van der Waals surface area contributed by atoms with Crippen LogP contribution in [0.15, 0.2) is 0 Å². The highest BCUT2D eigenvalue weighted by Gasteiger charge is 2.13. The second-order valence-corrected chi connectivity index (χ2v) is 2.90. The van der Waals surface area contributed by atoms with Crippen molar-refractivity contribution in [3.63, 3.8) is 0 Å². The molecule has 0 bridgehead atoms. The van der Waals surface area contributed by atoms with Crippen LogP contribution >= 0.6 is 0 Å². The molecule has 1 unspecified atom stereocenters. The normalized spacial score (nSPS) is 11.8. The molecule has 0 heterocycles. The number of ether oxygens (including phenoxy) is 1. The maximum absolute atomic E-state index is 11.3. The van der Waals surface area contributed by atoms with Crippen LogP contribution in [0.25, 0.3) is 0 Å². The lowest BCUT2D eigenvalue weighted by Crippen LogP contribution is -2.36. The van der Waals surface area contributed by atoms with Gasteiger partial charge in [0.25, 0.3) is 0 Å². The largest absolute Gasteiger partial charge is 0.375 e. The molecule has 0 N–H and O–H groups in total. The Morgan fingerprint density at radius 3 is 2.69 bits per heavy atom. The summed E-state index contributed by atoms with van der Waals surface area (Å²) in [4.78, 5) is 12.9. The fraction of sp³-hybridized carbons (Fsp3) is 0.778. The van der Waals surface area contributed by atoms with Crippen molar-refractivity contribution in [1.82, 2.24) is 4.90 Å². The molecule has 0 aliphatic heterocycles. The predicted octanol–water partition coefficient (Wildman–Crippen LogP) is 0.641. The standard InChI is InChI=1S/C9H16N2O2/c1-4-11(6-8(2)5-10)9(12)7-13-3/h8H,4,6-7H2,1-3H3. The number of carbonyl (C=O) groups is 1. The quantitative estimate of drug-likeness (QED) is 0.630. The van der Waals surface area contributed by atoms with E-state index in [0.717, 1.165) is 0 Å². The number of hydrogen-bond acceptors (Lipinski definition) is 3. The Balaban J connectivity index is 4.03. The average molecular weight is 184 g/mol. The van der Waals surface area contributed by atoms with Crippen LogP contribution in [0.1, 0.15) is 13.8 Å². The molecule has 0 fully saturated rings. The van der Waals surface area contributed by atoms with Crippen LogP contribution in [-0.2, 0) is 9.53 Å². The van der Waals surface area contributed by atoms with E-state index in [2.05, 4.69) is 6.07 Å². The van der Waals surface area contributed by atoms with Crippen molar-refractivity contribution in [3.05, 3.63) is 0 Å². The number of likely N-dealkylation sites (N-methyl/N-ethyl adjacent to an activating group) is 1. The lowest BCUT2D eigenvalue weighted by Gasteiger charge is -2.21. The second kappa shape index (κ2) is 6.44. The lowest BCUT2D eigenvalue weighted by molar-refractivity contribution is -0.135. The molecule has 1 amide bonds. The molecular formula is C9H16N2O2. The first-order valence-electron chi connectivity index (χ1n) is 4.32. The summed E-state index contributed by atoms with van der Waals surface area (Å²) in [5, 5.41) is 8.57. The van der Waals surface area contributed by atoms with Crippen LogP contribution in [0, 0.1) is 17.2 Å². The Morgan fingerprint density at radius 1 is 1.69 bits per heavy atom. The second-order valence-electron chi connectivity index (χ2n) is 2.90. The third kappa shape index (κ3) is 4.48. The fourth-order valence-corrected chi connectivity index (χ4v) is 0.993. The summed E-state index contributed by atoms with van der Waals surface area (Å²) in [6, 6.07) is 2.09. The molecule has 0 aliphatic rings. The molecular weight excluding hydrogens is 168 g/mol. The molecule has 0 saturated carbocycles. The third-order valence-electron chi connectivity index (χ3n) is 1.72. The average Bonchev–Trinajstić information content (AvgIpc) is 2.14. The lowest BCUT2D eigenvalue weighted by atomic mass is 10.2. The number of nitriles is 1. The fourth-order valence-electron chi connectivity index (χ4n) is 0.993. The van der Waals surface area contributed by atoms with Gasteiger partial charge < -0.3 is 9.64 Å². The summed E-state index contributed by atoms with van der Waals surface area (Å²) in [6.45, 7) is 4.87. The van der Waals surface area contributed by atoms with E-state index >= 15 is 0 Å². The highest BCUT2D eigenvalue weighted by Crippen LogP contribution is 1.98. The molecule has 0 spiro atoms. The zero-order chi connectivity index (χ0) is 10.3. The van der Waals surface area contributed by atoms with Gasteiger partial charge in [0.1, 0.15) is 6.61 Å². The van der Waals surface area contributed by atoms with Crippen LogP contribution in [-0.4, -0.2) is 37.6 Å². The molecule has 0 aliphatic carbocycles. The van der Waals surface area contributed by atoms with Crippen molar-refractivity contribution in [1.29, 1.82) is 5.26 Å². The Hall–Kier alpha value is -1.08. The molecule has 0 saturated heterocycles. The summed E-state index contributed by atoms with van der Waals surface area (Å²) >= 11 is 0. The highest BCUT2D eigenvalue weighted by molar-refractivity contribution is 5.77. The van der Waals surface area contributed by atoms with Crippen molar-refractivity contribution < 1.29 is 9.53 Å². The number of rotatable bonds is 5. The van der Waals surface area contributed by atoms with E-state index in [1.165, 1.54) is 7.11 Å². The third-order valence-corrected chi connectivity index (χ3v) is 1.72. The molecule has 0 aromatic rings. The minimum Gasteiger partial charge on any atom is -0.375 e. The van der Waals surface area contributed by atoms with Gasteiger partial charge in [-0.3, -0.25) is 4.79 Å². The number of amides is 1. The summed E-state index contributed by atoms with van der Waals surface area (Å²) in [6.07, 6.45) is 0. The van der Waals surface area contributed by atoms with Crippen molar-refractivity contribution in [2.45, 2.75) is 13.8 Å². The maximum atomic E-state index is 11.3. The van der Waals surface area contributed by atoms with Crippen LogP contribution < -0.4 is 0 Å². The van der Waals surface area contributed by atoms with E-state index in [1.807, 2.05) is 6.92 Å². The van der Waals surface area contributed by atoms with Crippen molar-refractivity contribution in [3.8, 4) is 6.07 Å². The van der Waals surface area contributed by atoms with E-state index in [9.17, 15) is 4.79 Å². The van der Waals surface area contributed by atoms with Gasteiger partial charge in [-0.25, -0.2) is 0 Å². The van der Waals surface area contributed by atoms with Crippen LogP contribution in [0.5, 0.6) is 0 Å². The smallest absolute Gasteiger partial charge is 0.248 e. The van der Waals surface area contributed by atoms with E-state index in [4.69, 9.17) is 10.00 Å². The summed E-state index contributed by atoms with van der Waals surface area (Å²) in [7, 11) is 1.49. The summed E-state index contributed by atoms with van der Waals surface area (Å²) < 4.78 is 4.73. The van der Waals surface area contributed by atoms with Gasteiger partial charge in [0.15, 0.2) is 0 Å². The van der Waals surface area contributed by atoms with Crippen LogP contribution in [0.3, 0.4) is 0 Å². The molecule has 4 nitrogen and oxygen atoms in total. The van der Waals surface area contributed by atoms with E-state index in [1.54, 1.807) is 11.8 Å². The molecule has 0 radical (unpaired) electrons. The first kappa shape index (κ1) is 11.9. The summed E-state index contributed by atoms with van der Waals surface area (Å²) in [5.41, 5.74) is 0. The number of nitrogens with zero attached hydrogens (tertiary/aromatic N) is 2. The van der Waals surface area contributed by atoms with Gasteiger partial charge in [0.2, 0.25) is 5.91 Å². The number of carbonyl (C=O) groups excluding carboxylic acids is 1. The van der Waals surface area contributed by atoms with Gasteiger partial charge in [0.05, 0.1) is 12.0 Å². The molecule has 4 heteroatoms. The van der Waals surface area contributed by atoms with Crippen LogP contribution in [0.2, 0.25) is 0 Å². The van der Waals surface area contributed by atoms with Gasteiger partial charge in [-0.05, 0) is 13.8 Å². The zero-order valence-corrected chi connectivity index (χ0v) is 8.41. The van der Waals surface area contributed by atoms with Crippen LogP contribution in [0.4, 0.5) is 0 Å².